The van der Waals surface area contributed by atoms with Crippen molar-refractivity contribution in [3.05, 3.63) is 39.7 Å². The van der Waals surface area contributed by atoms with E-state index in [1.807, 2.05) is 0 Å². The Morgan fingerprint density at radius 2 is 2.05 bits per heavy atom. The molecule has 1 N–H and O–H groups in total. The standard InChI is InChI=1S/C11H10F4N2O4/c12-7-1-2-9(17(19)20)8(5-7)10(18)16-3-4-21-6-11(13,14)15/h1-2,5H,3-4,6H2,(H,16,18). The fraction of sp³-hybridized carbons (Fsp3) is 0.364. The first-order valence-electron chi connectivity index (χ1n) is 5.57. The van der Waals surface area contributed by atoms with E-state index in [9.17, 15) is 32.5 Å². The van der Waals surface area contributed by atoms with Crippen molar-refractivity contribution < 1.29 is 32.0 Å². The molecule has 0 aromatic heterocycles. The molecule has 0 atom stereocenters. The molecule has 0 spiro atoms. The maximum Gasteiger partial charge on any atom is 0.411 e. The van der Waals surface area contributed by atoms with Gasteiger partial charge in [-0.15, -0.1) is 0 Å². The van der Waals surface area contributed by atoms with Crippen LogP contribution in [0.4, 0.5) is 23.2 Å². The van der Waals surface area contributed by atoms with Gasteiger partial charge in [0.1, 0.15) is 18.0 Å². The number of halogens is 4. The van der Waals surface area contributed by atoms with Crippen molar-refractivity contribution in [1.29, 1.82) is 0 Å². The molecule has 1 aromatic rings. The van der Waals surface area contributed by atoms with Crippen LogP contribution in [0, 0.1) is 15.9 Å². The lowest BCUT2D eigenvalue weighted by Gasteiger charge is -2.08. The monoisotopic (exact) mass is 310 g/mol. The van der Waals surface area contributed by atoms with Crippen molar-refractivity contribution in [1.82, 2.24) is 5.32 Å². The first-order valence-corrected chi connectivity index (χ1v) is 5.57. The molecule has 1 rings (SSSR count). The predicted molar refractivity (Wildman–Crippen MR) is 62.3 cm³/mol. The number of hydrogen-bond donors (Lipinski definition) is 1. The van der Waals surface area contributed by atoms with Gasteiger partial charge in [-0.2, -0.15) is 13.2 Å². The van der Waals surface area contributed by atoms with Crippen LogP contribution in [-0.2, 0) is 4.74 Å². The molecule has 116 valence electrons. The number of nitro benzene ring substituents is 1. The largest absolute Gasteiger partial charge is 0.411 e. The maximum atomic E-state index is 13.0. The van der Waals surface area contributed by atoms with Crippen molar-refractivity contribution in [3.63, 3.8) is 0 Å². The third-order valence-electron chi connectivity index (χ3n) is 2.20. The van der Waals surface area contributed by atoms with Gasteiger partial charge in [0, 0.05) is 12.6 Å². The van der Waals surface area contributed by atoms with E-state index < -0.39 is 47.3 Å². The van der Waals surface area contributed by atoms with Gasteiger partial charge in [-0.3, -0.25) is 14.9 Å². The van der Waals surface area contributed by atoms with Crippen LogP contribution < -0.4 is 5.32 Å². The van der Waals surface area contributed by atoms with E-state index in [-0.39, 0.29) is 6.54 Å². The van der Waals surface area contributed by atoms with Crippen molar-refractivity contribution in [3.8, 4) is 0 Å². The number of carbonyl (C=O) groups excluding carboxylic acids is 1. The molecule has 0 aliphatic heterocycles. The molecule has 0 saturated carbocycles. The lowest BCUT2D eigenvalue weighted by Crippen LogP contribution is -2.29. The molecular weight excluding hydrogens is 300 g/mol. The van der Waals surface area contributed by atoms with Gasteiger partial charge in [0.05, 0.1) is 11.5 Å². The summed E-state index contributed by atoms with van der Waals surface area (Å²) in [5.41, 5.74) is -1.12. The van der Waals surface area contributed by atoms with Crippen LogP contribution in [0.5, 0.6) is 0 Å². The summed E-state index contributed by atoms with van der Waals surface area (Å²) in [7, 11) is 0. The van der Waals surface area contributed by atoms with E-state index >= 15 is 0 Å². The SMILES string of the molecule is O=C(NCCOCC(F)(F)F)c1cc(F)ccc1[N+](=O)[O-]. The van der Waals surface area contributed by atoms with Crippen molar-refractivity contribution in [2.45, 2.75) is 6.18 Å². The van der Waals surface area contributed by atoms with Crippen molar-refractivity contribution in [2.75, 3.05) is 19.8 Å². The molecule has 0 aliphatic rings. The van der Waals surface area contributed by atoms with Crippen LogP contribution in [0.15, 0.2) is 18.2 Å². The molecule has 1 aromatic carbocycles. The number of amides is 1. The predicted octanol–water partition coefficient (Wildman–Crippen LogP) is 2.04. The van der Waals surface area contributed by atoms with E-state index in [4.69, 9.17) is 0 Å². The number of rotatable bonds is 6. The van der Waals surface area contributed by atoms with E-state index in [0.29, 0.717) is 6.07 Å². The van der Waals surface area contributed by atoms with Crippen molar-refractivity contribution in [2.24, 2.45) is 0 Å². The Morgan fingerprint density at radius 3 is 2.62 bits per heavy atom. The molecule has 0 unspecified atom stereocenters. The molecule has 6 nitrogen and oxygen atoms in total. The Morgan fingerprint density at radius 1 is 1.38 bits per heavy atom. The molecule has 0 heterocycles. The van der Waals surface area contributed by atoms with Gasteiger partial charge in [-0.1, -0.05) is 0 Å². The number of ether oxygens (including phenoxy) is 1. The highest BCUT2D eigenvalue weighted by Crippen LogP contribution is 2.19. The number of nitrogens with one attached hydrogen (secondary N) is 1. The van der Waals surface area contributed by atoms with E-state index in [2.05, 4.69) is 10.1 Å². The summed E-state index contributed by atoms with van der Waals surface area (Å²) in [4.78, 5) is 21.4. The van der Waals surface area contributed by atoms with Crippen LogP contribution in [0.25, 0.3) is 0 Å². The van der Waals surface area contributed by atoms with E-state index in [1.54, 1.807) is 0 Å². The highest BCUT2D eigenvalue weighted by atomic mass is 19.4. The van der Waals surface area contributed by atoms with Gasteiger partial charge >= 0.3 is 6.18 Å². The third kappa shape index (κ3) is 5.73. The van der Waals surface area contributed by atoms with Gasteiger partial charge in [0.25, 0.3) is 11.6 Å². The molecule has 0 radical (unpaired) electrons. The summed E-state index contributed by atoms with van der Waals surface area (Å²) >= 11 is 0. The summed E-state index contributed by atoms with van der Waals surface area (Å²) in [6.45, 7) is -2.21. The quantitative estimate of drug-likeness (QED) is 0.377. The van der Waals surface area contributed by atoms with Gasteiger partial charge in [0.15, 0.2) is 0 Å². The molecule has 10 heteroatoms. The molecule has 21 heavy (non-hydrogen) atoms. The van der Waals surface area contributed by atoms with Gasteiger partial charge in [-0.05, 0) is 12.1 Å². The van der Waals surface area contributed by atoms with E-state index in [1.165, 1.54) is 0 Å². The maximum absolute atomic E-state index is 13.0. The fourth-order valence-electron chi connectivity index (χ4n) is 1.37. The van der Waals surface area contributed by atoms with Gasteiger partial charge in [-0.25, -0.2) is 4.39 Å². The van der Waals surface area contributed by atoms with Crippen LogP contribution >= 0.6 is 0 Å². The number of alkyl halides is 3. The lowest BCUT2D eigenvalue weighted by atomic mass is 10.1. The zero-order valence-electron chi connectivity index (χ0n) is 10.4. The summed E-state index contributed by atoms with van der Waals surface area (Å²) in [6.07, 6.45) is -4.48. The van der Waals surface area contributed by atoms with Crippen LogP contribution in [0.1, 0.15) is 10.4 Å². The molecular formula is C11H10F4N2O4. The smallest absolute Gasteiger partial charge is 0.370 e. The summed E-state index contributed by atoms with van der Waals surface area (Å²) < 4.78 is 52.5. The Labute approximate surface area is 115 Å². The minimum Gasteiger partial charge on any atom is -0.370 e. The first kappa shape index (κ1) is 16.8. The topological polar surface area (TPSA) is 81.5 Å². The van der Waals surface area contributed by atoms with Crippen molar-refractivity contribution >= 4 is 11.6 Å². The second-order valence-electron chi connectivity index (χ2n) is 3.84. The van der Waals surface area contributed by atoms with Crippen LogP contribution in [-0.4, -0.2) is 36.8 Å². The summed E-state index contributed by atoms with van der Waals surface area (Å²) in [5, 5.41) is 12.8. The first-order chi connectivity index (χ1) is 9.70. The average molecular weight is 310 g/mol. The zero-order chi connectivity index (χ0) is 16.0. The summed E-state index contributed by atoms with van der Waals surface area (Å²) in [6, 6.07) is 2.32. The second kappa shape index (κ2) is 6.97. The van der Waals surface area contributed by atoms with Crippen LogP contribution in [0.2, 0.25) is 0 Å². The minimum atomic E-state index is -4.48. The second-order valence-corrected chi connectivity index (χ2v) is 3.84. The molecule has 0 fully saturated rings. The Bertz CT molecular complexity index is 533. The molecule has 1 amide bonds. The number of hydrogen-bond acceptors (Lipinski definition) is 4. The minimum absolute atomic E-state index is 0.303. The van der Waals surface area contributed by atoms with E-state index in [0.717, 1.165) is 12.1 Å². The molecule has 0 aliphatic carbocycles. The van der Waals surface area contributed by atoms with Gasteiger partial charge in [0.2, 0.25) is 0 Å². The lowest BCUT2D eigenvalue weighted by molar-refractivity contribution is -0.385. The fourth-order valence-corrected chi connectivity index (χ4v) is 1.37. The average Bonchev–Trinajstić information content (AvgIpc) is 2.36. The number of benzene rings is 1. The molecule has 0 saturated heterocycles. The summed E-state index contributed by atoms with van der Waals surface area (Å²) in [5.74, 6) is -1.82. The number of nitrogens with zero attached hydrogens (tertiary/aromatic N) is 1. The molecule has 0 bridgehead atoms. The highest BCUT2D eigenvalue weighted by Gasteiger charge is 2.27. The Balaban J connectivity index is 2.56. The Kier molecular flexibility index (Phi) is 5.59. The normalized spacial score (nSPS) is 11.2. The number of nitro groups is 1. The highest BCUT2D eigenvalue weighted by molar-refractivity contribution is 5.98. The van der Waals surface area contributed by atoms with Crippen LogP contribution in [0.3, 0.4) is 0 Å². The zero-order valence-corrected chi connectivity index (χ0v) is 10.4. The third-order valence-corrected chi connectivity index (χ3v) is 2.20. The van der Waals surface area contributed by atoms with Gasteiger partial charge < -0.3 is 10.1 Å². The Hall–Kier alpha value is -2.23. The number of carbonyl (C=O) groups is 1.